The third kappa shape index (κ3) is 7.52. The maximum atomic E-state index is 13.1. The van der Waals surface area contributed by atoms with E-state index in [1.54, 1.807) is 16.7 Å². The molecule has 2 aromatic rings. The molecular weight excluding hydrogens is 392 g/mol. The number of nitrogens with one attached hydrogen (secondary N) is 1. The Bertz CT molecular complexity index is 837. The summed E-state index contributed by atoms with van der Waals surface area (Å²) in [5.74, 6) is 1.04. The Labute approximate surface area is 185 Å². The second-order valence-electron chi connectivity index (χ2n) is 7.75. The molecule has 0 saturated carbocycles. The van der Waals surface area contributed by atoms with E-state index in [1.807, 2.05) is 44.2 Å². The number of benzene rings is 2. The van der Waals surface area contributed by atoms with E-state index in [9.17, 15) is 9.59 Å². The van der Waals surface area contributed by atoms with Crippen molar-refractivity contribution in [3.63, 3.8) is 0 Å². The number of carbonyl (C=O) groups is 2. The SMILES string of the molecule is CCCCNC(=O)[C@H](C)N(Cc1cccc(C)c1)C(=O)CSCc1ccccc1C. The number of aryl methyl sites for hydroxylation is 2. The van der Waals surface area contributed by atoms with Gasteiger partial charge in [0.1, 0.15) is 6.04 Å². The van der Waals surface area contributed by atoms with Crippen molar-refractivity contribution in [3.8, 4) is 0 Å². The van der Waals surface area contributed by atoms with Crippen LogP contribution in [-0.2, 0) is 21.9 Å². The van der Waals surface area contributed by atoms with Crippen molar-refractivity contribution < 1.29 is 9.59 Å². The molecule has 1 atom stereocenters. The Hall–Kier alpha value is -2.27. The number of thioether (sulfide) groups is 1. The molecule has 2 rings (SSSR count). The first-order valence-electron chi connectivity index (χ1n) is 10.7. The van der Waals surface area contributed by atoms with Gasteiger partial charge in [0, 0.05) is 18.8 Å². The van der Waals surface area contributed by atoms with Gasteiger partial charge in [-0.1, -0.05) is 67.4 Å². The fourth-order valence-electron chi connectivity index (χ4n) is 3.23. The summed E-state index contributed by atoms with van der Waals surface area (Å²) in [6.07, 6.45) is 1.96. The summed E-state index contributed by atoms with van der Waals surface area (Å²) in [5.41, 5.74) is 4.66. The maximum Gasteiger partial charge on any atom is 0.242 e. The van der Waals surface area contributed by atoms with Crippen LogP contribution in [0.25, 0.3) is 0 Å². The van der Waals surface area contributed by atoms with Crippen LogP contribution in [0.5, 0.6) is 0 Å². The lowest BCUT2D eigenvalue weighted by Crippen LogP contribution is -2.48. The number of hydrogen-bond donors (Lipinski definition) is 1. The highest BCUT2D eigenvalue weighted by Gasteiger charge is 2.25. The van der Waals surface area contributed by atoms with Crippen LogP contribution in [0.2, 0.25) is 0 Å². The van der Waals surface area contributed by atoms with E-state index in [0.29, 0.717) is 18.8 Å². The highest BCUT2D eigenvalue weighted by atomic mass is 32.2. The standard InChI is InChI=1S/C25H34N2O2S/c1-5-6-14-26-25(29)21(4)27(16-22-12-9-10-19(2)15-22)24(28)18-30-17-23-13-8-7-11-20(23)3/h7-13,15,21H,5-6,14,16-18H2,1-4H3,(H,26,29)/t21-/m0/s1. The van der Waals surface area contributed by atoms with Gasteiger partial charge in [-0.05, 0) is 43.9 Å². The maximum absolute atomic E-state index is 13.1. The summed E-state index contributed by atoms with van der Waals surface area (Å²) < 4.78 is 0. The molecule has 0 fully saturated rings. The number of carbonyl (C=O) groups excluding carboxylic acids is 2. The van der Waals surface area contributed by atoms with Gasteiger partial charge in [0.15, 0.2) is 0 Å². The molecule has 0 unspecified atom stereocenters. The molecule has 0 heterocycles. The van der Waals surface area contributed by atoms with Gasteiger partial charge < -0.3 is 10.2 Å². The summed E-state index contributed by atoms with van der Waals surface area (Å²) in [7, 11) is 0. The minimum absolute atomic E-state index is 0.00627. The van der Waals surface area contributed by atoms with Crippen molar-refractivity contribution in [2.75, 3.05) is 12.3 Å². The third-order valence-corrected chi connectivity index (χ3v) is 6.14. The van der Waals surface area contributed by atoms with Crippen LogP contribution in [-0.4, -0.2) is 35.1 Å². The average molecular weight is 427 g/mol. The molecule has 2 aromatic carbocycles. The molecule has 0 aliphatic carbocycles. The van der Waals surface area contributed by atoms with Gasteiger partial charge in [0.25, 0.3) is 0 Å². The summed E-state index contributed by atoms with van der Waals surface area (Å²) in [4.78, 5) is 27.5. The zero-order chi connectivity index (χ0) is 21.9. The van der Waals surface area contributed by atoms with Crippen molar-refractivity contribution in [2.45, 2.75) is 58.9 Å². The van der Waals surface area contributed by atoms with Crippen LogP contribution in [0.15, 0.2) is 48.5 Å². The number of nitrogens with zero attached hydrogens (tertiary/aromatic N) is 1. The first kappa shape index (κ1) is 24.0. The first-order valence-corrected chi connectivity index (χ1v) is 11.8. The van der Waals surface area contributed by atoms with Gasteiger partial charge in [-0.3, -0.25) is 9.59 Å². The van der Waals surface area contributed by atoms with E-state index in [2.05, 4.69) is 37.4 Å². The molecule has 0 aliphatic heterocycles. The second-order valence-corrected chi connectivity index (χ2v) is 8.74. The highest BCUT2D eigenvalue weighted by molar-refractivity contribution is 7.99. The molecule has 5 heteroatoms. The van der Waals surface area contributed by atoms with E-state index < -0.39 is 6.04 Å². The quantitative estimate of drug-likeness (QED) is 0.522. The summed E-state index contributed by atoms with van der Waals surface area (Å²) in [6.45, 7) is 9.12. The van der Waals surface area contributed by atoms with Crippen LogP contribution < -0.4 is 5.32 Å². The molecule has 0 aliphatic rings. The first-order chi connectivity index (χ1) is 14.4. The van der Waals surface area contributed by atoms with Gasteiger partial charge >= 0.3 is 0 Å². The molecule has 0 saturated heterocycles. The van der Waals surface area contributed by atoms with E-state index in [0.717, 1.165) is 29.7 Å². The lowest BCUT2D eigenvalue weighted by Gasteiger charge is -2.29. The molecule has 1 N–H and O–H groups in total. The molecule has 0 spiro atoms. The van der Waals surface area contributed by atoms with Gasteiger partial charge in [-0.15, -0.1) is 11.8 Å². The molecule has 0 radical (unpaired) electrons. The molecule has 4 nitrogen and oxygen atoms in total. The Morgan fingerprint density at radius 3 is 2.57 bits per heavy atom. The van der Waals surface area contributed by atoms with Crippen molar-refractivity contribution in [3.05, 3.63) is 70.8 Å². The Kier molecular flexibility index (Phi) is 9.95. The van der Waals surface area contributed by atoms with Gasteiger partial charge in [0.2, 0.25) is 11.8 Å². The third-order valence-electron chi connectivity index (χ3n) is 5.18. The van der Waals surface area contributed by atoms with Crippen LogP contribution in [0, 0.1) is 13.8 Å². The van der Waals surface area contributed by atoms with Gasteiger partial charge in [-0.25, -0.2) is 0 Å². The van der Waals surface area contributed by atoms with Crippen LogP contribution in [0.3, 0.4) is 0 Å². The topological polar surface area (TPSA) is 49.4 Å². The largest absolute Gasteiger partial charge is 0.354 e. The Balaban J connectivity index is 2.05. The van der Waals surface area contributed by atoms with E-state index in [1.165, 1.54) is 11.1 Å². The molecule has 30 heavy (non-hydrogen) atoms. The van der Waals surface area contributed by atoms with Crippen LogP contribution in [0.1, 0.15) is 48.9 Å². The van der Waals surface area contributed by atoms with Gasteiger partial charge in [0.05, 0.1) is 5.75 Å². The minimum atomic E-state index is -0.506. The summed E-state index contributed by atoms with van der Waals surface area (Å²) in [6, 6.07) is 15.8. The molecular formula is C25H34N2O2S. The Morgan fingerprint density at radius 2 is 1.87 bits per heavy atom. The highest BCUT2D eigenvalue weighted by Crippen LogP contribution is 2.18. The second kappa shape index (κ2) is 12.4. The Morgan fingerprint density at radius 1 is 1.10 bits per heavy atom. The molecule has 162 valence electrons. The molecule has 2 amide bonds. The van der Waals surface area contributed by atoms with E-state index in [-0.39, 0.29) is 11.8 Å². The minimum Gasteiger partial charge on any atom is -0.354 e. The van der Waals surface area contributed by atoms with Crippen molar-refractivity contribution in [2.24, 2.45) is 0 Å². The average Bonchev–Trinajstić information content (AvgIpc) is 2.73. The summed E-state index contributed by atoms with van der Waals surface area (Å²) in [5, 5.41) is 2.97. The van der Waals surface area contributed by atoms with Gasteiger partial charge in [-0.2, -0.15) is 0 Å². The lowest BCUT2D eigenvalue weighted by molar-refractivity contribution is -0.138. The molecule has 0 bridgehead atoms. The van der Waals surface area contributed by atoms with Crippen molar-refractivity contribution >= 4 is 23.6 Å². The van der Waals surface area contributed by atoms with E-state index in [4.69, 9.17) is 0 Å². The number of rotatable bonds is 11. The van der Waals surface area contributed by atoms with Crippen molar-refractivity contribution in [1.29, 1.82) is 0 Å². The van der Waals surface area contributed by atoms with E-state index >= 15 is 0 Å². The molecule has 0 aromatic heterocycles. The monoisotopic (exact) mass is 426 g/mol. The zero-order valence-electron chi connectivity index (χ0n) is 18.6. The van der Waals surface area contributed by atoms with Crippen LogP contribution in [0.4, 0.5) is 0 Å². The fourth-order valence-corrected chi connectivity index (χ4v) is 4.22. The predicted molar refractivity (Wildman–Crippen MR) is 126 cm³/mol. The predicted octanol–water partition coefficient (Wildman–Crippen LogP) is 4.87. The lowest BCUT2D eigenvalue weighted by atomic mass is 10.1. The van der Waals surface area contributed by atoms with Crippen molar-refractivity contribution in [1.82, 2.24) is 10.2 Å². The smallest absolute Gasteiger partial charge is 0.242 e. The number of unbranched alkanes of at least 4 members (excludes halogenated alkanes) is 1. The van der Waals surface area contributed by atoms with Crippen LogP contribution >= 0.6 is 11.8 Å². The number of amides is 2. The fraction of sp³-hybridized carbons (Fsp3) is 0.440. The zero-order valence-corrected chi connectivity index (χ0v) is 19.4. The summed E-state index contributed by atoms with van der Waals surface area (Å²) >= 11 is 1.60. The normalized spacial score (nSPS) is 11.7. The number of hydrogen-bond acceptors (Lipinski definition) is 3.